The highest BCUT2D eigenvalue weighted by molar-refractivity contribution is 5.73. The Morgan fingerprint density at radius 1 is 1.12 bits per heavy atom. The maximum absolute atomic E-state index is 11.0. The summed E-state index contributed by atoms with van der Waals surface area (Å²) in [5, 5.41) is 0. The monoisotopic (exact) mass is 337 g/mol. The van der Waals surface area contributed by atoms with Gasteiger partial charge in [0.25, 0.3) is 0 Å². The van der Waals surface area contributed by atoms with Gasteiger partial charge in [0.1, 0.15) is 12.3 Å². The molecular weight excluding hydrogens is 318 g/mol. The first kappa shape index (κ1) is 15.8. The minimum Gasteiger partial charge on any atom is -0.475 e. The second-order valence-corrected chi connectivity index (χ2v) is 6.04. The molecule has 0 bridgehead atoms. The second kappa shape index (κ2) is 7.03. The molecule has 3 aromatic rings. The van der Waals surface area contributed by atoms with Gasteiger partial charge < -0.3 is 9.47 Å². The van der Waals surface area contributed by atoms with Crippen LogP contribution >= 0.6 is 0 Å². The Morgan fingerprint density at radius 2 is 2.00 bits per heavy atom. The lowest BCUT2D eigenvalue weighted by molar-refractivity contribution is 0.0872. The molecule has 0 amide bonds. The molecule has 2 aromatic heterocycles. The van der Waals surface area contributed by atoms with Crippen molar-refractivity contribution in [2.75, 3.05) is 13.2 Å². The van der Waals surface area contributed by atoms with Crippen molar-refractivity contribution in [3.63, 3.8) is 0 Å². The van der Waals surface area contributed by atoms with E-state index in [0.717, 1.165) is 42.4 Å². The SMILES string of the molecule is O=Cc1cn2c3c(c(OCCOCc4ccccc4)nc2n1)CCC3. The van der Waals surface area contributed by atoms with E-state index >= 15 is 0 Å². The first-order chi connectivity index (χ1) is 12.3. The molecule has 0 fully saturated rings. The molecule has 1 aromatic carbocycles. The van der Waals surface area contributed by atoms with E-state index in [2.05, 4.69) is 9.97 Å². The highest BCUT2D eigenvalue weighted by Gasteiger charge is 2.22. The van der Waals surface area contributed by atoms with Gasteiger partial charge in [-0.15, -0.1) is 0 Å². The highest BCUT2D eigenvalue weighted by atomic mass is 16.5. The van der Waals surface area contributed by atoms with Gasteiger partial charge in [0.15, 0.2) is 6.29 Å². The molecule has 6 nitrogen and oxygen atoms in total. The van der Waals surface area contributed by atoms with Gasteiger partial charge in [0.2, 0.25) is 11.7 Å². The summed E-state index contributed by atoms with van der Waals surface area (Å²) >= 11 is 0. The fraction of sp³-hybridized carbons (Fsp3) is 0.316. The average molecular weight is 337 g/mol. The predicted molar refractivity (Wildman–Crippen MR) is 92.0 cm³/mol. The minimum atomic E-state index is 0.393. The smallest absolute Gasteiger partial charge is 0.237 e. The van der Waals surface area contributed by atoms with Crippen molar-refractivity contribution >= 4 is 12.1 Å². The summed E-state index contributed by atoms with van der Waals surface area (Å²) < 4.78 is 13.4. The summed E-state index contributed by atoms with van der Waals surface area (Å²) in [5.74, 6) is 1.13. The van der Waals surface area contributed by atoms with Crippen LogP contribution in [0.3, 0.4) is 0 Å². The molecule has 2 heterocycles. The predicted octanol–water partition coefficient (Wildman–Crippen LogP) is 2.63. The Morgan fingerprint density at radius 3 is 2.84 bits per heavy atom. The van der Waals surface area contributed by atoms with Crippen molar-refractivity contribution in [3.05, 3.63) is 59.0 Å². The van der Waals surface area contributed by atoms with Crippen LogP contribution in [0.4, 0.5) is 0 Å². The van der Waals surface area contributed by atoms with Gasteiger partial charge >= 0.3 is 0 Å². The van der Waals surface area contributed by atoms with Gasteiger partial charge in [-0.05, 0) is 24.8 Å². The van der Waals surface area contributed by atoms with E-state index in [-0.39, 0.29) is 0 Å². The van der Waals surface area contributed by atoms with Crippen LogP contribution in [-0.2, 0) is 24.2 Å². The van der Waals surface area contributed by atoms with Crippen LogP contribution < -0.4 is 4.74 Å². The number of benzene rings is 1. The van der Waals surface area contributed by atoms with Crippen LogP contribution in [0.5, 0.6) is 5.88 Å². The number of carbonyl (C=O) groups is 1. The molecule has 0 atom stereocenters. The number of fused-ring (bicyclic) bond motifs is 3. The van der Waals surface area contributed by atoms with Gasteiger partial charge in [-0.1, -0.05) is 30.3 Å². The van der Waals surface area contributed by atoms with E-state index in [1.807, 2.05) is 34.7 Å². The zero-order valence-electron chi connectivity index (χ0n) is 13.9. The maximum atomic E-state index is 11.0. The van der Waals surface area contributed by atoms with E-state index in [1.165, 1.54) is 0 Å². The number of aldehydes is 1. The number of hydrogen-bond acceptors (Lipinski definition) is 5. The Kier molecular flexibility index (Phi) is 4.43. The largest absolute Gasteiger partial charge is 0.475 e. The van der Waals surface area contributed by atoms with Gasteiger partial charge in [-0.2, -0.15) is 4.98 Å². The van der Waals surface area contributed by atoms with Crippen LogP contribution in [0, 0.1) is 0 Å². The molecule has 0 radical (unpaired) electrons. The molecule has 0 spiro atoms. The molecule has 1 aliphatic rings. The number of imidazole rings is 1. The molecule has 0 saturated carbocycles. The summed E-state index contributed by atoms with van der Waals surface area (Å²) in [5.41, 5.74) is 3.79. The quantitative estimate of drug-likeness (QED) is 0.490. The van der Waals surface area contributed by atoms with Crippen molar-refractivity contribution < 1.29 is 14.3 Å². The van der Waals surface area contributed by atoms with Gasteiger partial charge in [0.05, 0.1) is 13.2 Å². The molecule has 0 N–H and O–H groups in total. The molecule has 6 heteroatoms. The van der Waals surface area contributed by atoms with Crippen LogP contribution in [0.15, 0.2) is 36.5 Å². The number of rotatable bonds is 7. The van der Waals surface area contributed by atoms with Gasteiger partial charge in [-0.3, -0.25) is 9.20 Å². The molecule has 25 heavy (non-hydrogen) atoms. The van der Waals surface area contributed by atoms with Crippen molar-refractivity contribution in [2.45, 2.75) is 25.9 Å². The number of aromatic nitrogens is 3. The first-order valence-corrected chi connectivity index (χ1v) is 8.45. The van der Waals surface area contributed by atoms with Gasteiger partial charge in [0, 0.05) is 17.5 Å². The average Bonchev–Trinajstić information content (AvgIpc) is 3.28. The zero-order chi connectivity index (χ0) is 17.1. The third kappa shape index (κ3) is 3.25. The fourth-order valence-electron chi connectivity index (χ4n) is 3.19. The lowest BCUT2D eigenvalue weighted by atomic mass is 10.2. The topological polar surface area (TPSA) is 65.7 Å². The molecule has 128 valence electrons. The molecular formula is C19H19N3O3. The Bertz CT molecular complexity index is 890. The fourth-order valence-corrected chi connectivity index (χ4v) is 3.19. The van der Waals surface area contributed by atoms with E-state index in [1.54, 1.807) is 6.20 Å². The van der Waals surface area contributed by atoms with Crippen LogP contribution in [0.1, 0.15) is 33.7 Å². The number of nitrogens with zero attached hydrogens (tertiary/aromatic N) is 3. The van der Waals surface area contributed by atoms with E-state index in [0.29, 0.717) is 37.2 Å². The lowest BCUT2D eigenvalue weighted by Crippen LogP contribution is -2.10. The zero-order valence-corrected chi connectivity index (χ0v) is 13.9. The Balaban J connectivity index is 1.42. The highest BCUT2D eigenvalue weighted by Crippen LogP contribution is 2.30. The summed E-state index contributed by atoms with van der Waals surface area (Å²) in [6.07, 6.45) is 5.43. The standard InChI is InChI=1S/C19H19N3O3/c23-12-15-11-22-17-8-4-7-16(17)18(21-19(22)20-15)25-10-9-24-13-14-5-2-1-3-6-14/h1-3,5-6,11-12H,4,7-10,13H2. The number of aryl methyl sites for hydroxylation is 1. The summed E-state index contributed by atoms with van der Waals surface area (Å²) in [4.78, 5) is 19.7. The third-order valence-corrected chi connectivity index (χ3v) is 4.34. The summed E-state index contributed by atoms with van der Waals surface area (Å²) in [6.45, 7) is 1.49. The molecule has 0 aliphatic heterocycles. The van der Waals surface area contributed by atoms with Crippen molar-refractivity contribution in [3.8, 4) is 5.88 Å². The Hall–Kier alpha value is -2.73. The van der Waals surface area contributed by atoms with Crippen molar-refractivity contribution in [1.82, 2.24) is 14.4 Å². The summed E-state index contributed by atoms with van der Waals surface area (Å²) in [6, 6.07) is 10.0. The number of hydrogen-bond donors (Lipinski definition) is 0. The van der Waals surface area contributed by atoms with Crippen LogP contribution in [-0.4, -0.2) is 33.9 Å². The van der Waals surface area contributed by atoms with E-state index in [4.69, 9.17) is 9.47 Å². The normalized spacial score (nSPS) is 13.1. The third-order valence-electron chi connectivity index (χ3n) is 4.34. The minimum absolute atomic E-state index is 0.393. The first-order valence-electron chi connectivity index (χ1n) is 8.45. The van der Waals surface area contributed by atoms with Crippen molar-refractivity contribution in [1.29, 1.82) is 0 Å². The summed E-state index contributed by atoms with van der Waals surface area (Å²) in [7, 11) is 0. The molecule has 4 rings (SSSR count). The van der Waals surface area contributed by atoms with E-state index in [9.17, 15) is 4.79 Å². The number of ether oxygens (including phenoxy) is 2. The van der Waals surface area contributed by atoms with Crippen LogP contribution in [0.25, 0.3) is 5.78 Å². The number of carbonyl (C=O) groups excluding carboxylic acids is 1. The molecule has 0 unspecified atom stereocenters. The second-order valence-electron chi connectivity index (χ2n) is 6.04. The maximum Gasteiger partial charge on any atom is 0.237 e. The van der Waals surface area contributed by atoms with Crippen LogP contribution in [0.2, 0.25) is 0 Å². The van der Waals surface area contributed by atoms with Gasteiger partial charge in [-0.25, -0.2) is 4.98 Å². The molecule has 1 aliphatic carbocycles. The molecule has 0 saturated heterocycles. The van der Waals surface area contributed by atoms with Crippen molar-refractivity contribution in [2.24, 2.45) is 0 Å². The van der Waals surface area contributed by atoms with E-state index < -0.39 is 0 Å². The lowest BCUT2D eigenvalue weighted by Gasteiger charge is -2.11. The Labute approximate surface area is 145 Å².